The lowest BCUT2D eigenvalue weighted by molar-refractivity contribution is 0.179. The normalized spacial score (nSPS) is 14.0. The van der Waals surface area contributed by atoms with Crippen molar-refractivity contribution in [2.24, 2.45) is 5.73 Å². The van der Waals surface area contributed by atoms with Crippen LogP contribution in [0.1, 0.15) is 18.7 Å². The lowest BCUT2D eigenvalue weighted by atomic mass is 10.1. The van der Waals surface area contributed by atoms with Crippen LogP contribution in [-0.2, 0) is 0 Å². The number of furan rings is 1. The van der Waals surface area contributed by atoms with Gasteiger partial charge in [-0.15, -0.1) is 0 Å². The summed E-state index contributed by atoms with van der Waals surface area (Å²) in [5, 5.41) is 1.68. The summed E-state index contributed by atoms with van der Waals surface area (Å²) in [5.41, 5.74) is 7.07. The molecule has 0 aliphatic heterocycles. The van der Waals surface area contributed by atoms with Gasteiger partial charge >= 0.3 is 0 Å². The first-order valence-corrected chi connectivity index (χ1v) is 7.17. The average molecular weight is 302 g/mol. The number of benzene rings is 2. The smallest absolute Gasteiger partial charge is 0.134 e. The summed E-state index contributed by atoms with van der Waals surface area (Å²) in [5.74, 6) is 1.41. The molecule has 2 aromatic carbocycles. The van der Waals surface area contributed by atoms with Crippen LogP contribution in [0, 0.1) is 0 Å². The van der Waals surface area contributed by atoms with E-state index in [1.807, 2.05) is 49.4 Å². The largest absolute Gasteiger partial charge is 0.489 e. The monoisotopic (exact) mass is 301 g/mol. The van der Waals surface area contributed by atoms with Gasteiger partial charge in [-0.1, -0.05) is 35.9 Å². The minimum Gasteiger partial charge on any atom is -0.489 e. The van der Waals surface area contributed by atoms with Crippen LogP contribution in [0.4, 0.5) is 0 Å². The van der Waals surface area contributed by atoms with Gasteiger partial charge in [0.2, 0.25) is 0 Å². The first-order chi connectivity index (χ1) is 10.1. The van der Waals surface area contributed by atoms with Crippen LogP contribution in [0.3, 0.4) is 0 Å². The third kappa shape index (κ3) is 3.04. The Morgan fingerprint density at radius 3 is 2.67 bits per heavy atom. The lowest BCUT2D eigenvalue weighted by Gasteiger charge is -2.19. The van der Waals surface area contributed by atoms with E-state index in [-0.39, 0.29) is 12.1 Å². The van der Waals surface area contributed by atoms with E-state index in [4.69, 9.17) is 26.5 Å². The fourth-order valence-electron chi connectivity index (χ4n) is 2.23. The molecule has 0 bridgehead atoms. The molecule has 0 fully saturated rings. The maximum absolute atomic E-state index is 6.24. The van der Waals surface area contributed by atoms with Crippen molar-refractivity contribution >= 4 is 22.6 Å². The zero-order chi connectivity index (χ0) is 14.8. The maximum Gasteiger partial charge on any atom is 0.134 e. The highest BCUT2D eigenvalue weighted by Crippen LogP contribution is 2.27. The van der Waals surface area contributed by atoms with Crippen molar-refractivity contribution < 1.29 is 9.15 Å². The Kier molecular flexibility index (Phi) is 3.86. The van der Waals surface area contributed by atoms with E-state index in [1.54, 1.807) is 12.1 Å². The quantitative estimate of drug-likeness (QED) is 0.769. The molecule has 3 nitrogen and oxygen atoms in total. The third-order valence-electron chi connectivity index (χ3n) is 3.40. The van der Waals surface area contributed by atoms with Crippen molar-refractivity contribution in [3.63, 3.8) is 0 Å². The summed E-state index contributed by atoms with van der Waals surface area (Å²) < 4.78 is 11.6. The highest BCUT2D eigenvalue weighted by Gasteiger charge is 2.20. The molecule has 21 heavy (non-hydrogen) atoms. The average Bonchev–Trinajstić information content (AvgIpc) is 2.90. The molecule has 0 aliphatic carbocycles. The van der Waals surface area contributed by atoms with Crippen molar-refractivity contribution in [1.82, 2.24) is 0 Å². The van der Waals surface area contributed by atoms with Gasteiger partial charge in [0.25, 0.3) is 0 Å². The van der Waals surface area contributed by atoms with E-state index in [2.05, 4.69) is 0 Å². The second-order valence-electron chi connectivity index (χ2n) is 4.99. The zero-order valence-corrected chi connectivity index (χ0v) is 12.4. The Labute approximate surface area is 128 Å². The van der Waals surface area contributed by atoms with Crippen LogP contribution in [0.15, 0.2) is 59.0 Å². The van der Waals surface area contributed by atoms with Gasteiger partial charge < -0.3 is 14.9 Å². The molecule has 3 aromatic rings. The van der Waals surface area contributed by atoms with E-state index in [0.717, 1.165) is 11.0 Å². The first kappa shape index (κ1) is 14.0. The molecule has 0 spiro atoms. The fourth-order valence-corrected chi connectivity index (χ4v) is 2.41. The van der Waals surface area contributed by atoms with Gasteiger partial charge in [-0.3, -0.25) is 0 Å². The second-order valence-corrected chi connectivity index (χ2v) is 5.43. The zero-order valence-electron chi connectivity index (χ0n) is 11.6. The molecule has 1 aromatic heterocycles. The molecule has 108 valence electrons. The molecular formula is C17H16ClNO2. The number of para-hydroxylation sites is 1. The highest BCUT2D eigenvalue weighted by atomic mass is 35.5. The number of halogens is 1. The van der Waals surface area contributed by atoms with Crippen LogP contribution in [-0.4, -0.2) is 6.10 Å². The molecule has 3 rings (SSSR count). The van der Waals surface area contributed by atoms with Crippen molar-refractivity contribution in [2.75, 3.05) is 0 Å². The Bertz CT molecular complexity index is 720. The molecule has 0 saturated heterocycles. The molecule has 2 atom stereocenters. The molecule has 0 saturated carbocycles. The standard InChI is InChI=1S/C17H16ClNO2/c1-11(20-14-7-4-6-13(18)10-14)17(19)16-9-12-5-2-3-8-15(12)21-16/h2-11,17H,19H2,1H3. The predicted octanol–water partition coefficient (Wildman–Crippen LogP) is 4.55. The SMILES string of the molecule is CC(Oc1cccc(Cl)c1)C(N)c1cc2ccccc2o1. The maximum atomic E-state index is 6.24. The Hall–Kier alpha value is -1.97. The minimum atomic E-state index is -0.351. The Morgan fingerprint density at radius 1 is 1.10 bits per heavy atom. The van der Waals surface area contributed by atoms with Crippen molar-refractivity contribution in [3.8, 4) is 5.75 Å². The fraction of sp³-hybridized carbons (Fsp3) is 0.176. The number of fused-ring (bicyclic) bond motifs is 1. The second kappa shape index (κ2) is 5.80. The number of hydrogen-bond acceptors (Lipinski definition) is 3. The van der Waals surface area contributed by atoms with Gasteiger partial charge in [-0.25, -0.2) is 0 Å². The van der Waals surface area contributed by atoms with Crippen LogP contribution in [0.2, 0.25) is 5.02 Å². The van der Waals surface area contributed by atoms with Gasteiger partial charge in [0, 0.05) is 10.4 Å². The van der Waals surface area contributed by atoms with Gasteiger partial charge in [0.15, 0.2) is 0 Å². The molecule has 1 heterocycles. The number of rotatable bonds is 4. The Balaban J connectivity index is 1.78. The van der Waals surface area contributed by atoms with Crippen LogP contribution >= 0.6 is 11.6 Å². The molecular weight excluding hydrogens is 286 g/mol. The number of nitrogens with two attached hydrogens (primary N) is 1. The summed E-state index contributed by atoms with van der Waals surface area (Å²) in [4.78, 5) is 0. The molecule has 0 radical (unpaired) electrons. The molecule has 0 aliphatic rings. The number of ether oxygens (including phenoxy) is 1. The molecule has 4 heteroatoms. The topological polar surface area (TPSA) is 48.4 Å². The third-order valence-corrected chi connectivity index (χ3v) is 3.63. The molecule has 2 unspecified atom stereocenters. The van der Waals surface area contributed by atoms with E-state index < -0.39 is 0 Å². The molecule has 0 amide bonds. The van der Waals surface area contributed by atoms with Crippen molar-refractivity contribution in [3.05, 3.63) is 65.4 Å². The highest BCUT2D eigenvalue weighted by molar-refractivity contribution is 6.30. The van der Waals surface area contributed by atoms with E-state index in [0.29, 0.717) is 16.5 Å². The summed E-state index contributed by atoms with van der Waals surface area (Å²) in [6.07, 6.45) is -0.232. The first-order valence-electron chi connectivity index (χ1n) is 6.80. The van der Waals surface area contributed by atoms with Gasteiger partial charge in [0.05, 0.1) is 0 Å². The number of hydrogen-bond donors (Lipinski definition) is 1. The summed E-state index contributed by atoms with van der Waals surface area (Å²) in [6, 6.07) is 16.7. The van der Waals surface area contributed by atoms with E-state index >= 15 is 0 Å². The van der Waals surface area contributed by atoms with Crippen LogP contribution < -0.4 is 10.5 Å². The Morgan fingerprint density at radius 2 is 1.90 bits per heavy atom. The summed E-state index contributed by atoms with van der Waals surface area (Å²) >= 11 is 5.95. The molecule has 2 N–H and O–H groups in total. The van der Waals surface area contributed by atoms with Crippen molar-refractivity contribution in [2.45, 2.75) is 19.1 Å². The summed E-state index contributed by atoms with van der Waals surface area (Å²) in [6.45, 7) is 1.92. The van der Waals surface area contributed by atoms with Crippen LogP contribution in [0.25, 0.3) is 11.0 Å². The van der Waals surface area contributed by atoms with Gasteiger partial charge in [-0.05, 0) is 37.3 Å². The van der Waals surface area contributed by atoms with E-state index in [9.17, 15) is 0 Å². The van der Waals surface area contributed by atoms with Gasteiger partial charge in [-0.2, -0.15) is 0 Å². The van der Waals surface area contributed by atoms with Crippen molar-refractivity contribution in [1.29, 1.82) is 0 Å². The van der Waals surface area contributed by atoms with E-state index in [1.165, 1.54) is 0 Å². The van der Waals surface area contributed by atoms with Gasteiger partial charge in [0.1, 0.15) is 29.2 Å². The lowest BCUT2D eigenvalue weighted by Crippen LogP contribution is -2.28. The summed E-state index contributed by atoms with van der Waals surface area (Å²) in [7, 11) is 0. The minimum absolute atomic E-state index is 0.232. The predicted molar refractivity (Wildman–Crippen MR) is 84.7 cm³/mol. The van der Waals surface area contributed by atoms with Crippen LogP contribution in [0.5, 0.6) is 5.75 Å².